The zero-order chi connectivity index (χ0) is 11.8. The first-order valence-corrected chi connectivity index (χ1v) is 5.75. The number of imidazole rings is 1. The summed E-state index contributed by atoms with van der Waals surface area (Å²) < 4.78 is 10.6. The lowest BCUT2D eigenvalue weighted by Crippen LogP contribution is -2.08. The van der Waals surface area contributed by atoms with Gasteiger partial charge in [0.2, 0.25) is 12.7 Å². The van der Waals surface area contributed by atoms with E-state index in [-0.39, 0.29) is 0 Å². The number of anilines is 1. The Morgan fingerprint density at radius 1 is 1.35 bits per heavy atom. The van der Waals surface area contributed by atoms with Gasteiger partial charge in [-0.2, -0.15) is 0 Å². The fraction of sp³-hybridized carbons (Fsp3) is 0.417. The molecule has 0 saturated heterocycles. The minimum atomic E-state index is 0.292. The second-order valence-corrected chi connectivity index (χ2v) is 4.58. The van der Waals surface area contributed by atoms with E-state index in [1.54, 1.807) is 0 Å². The first-order valence-electron chi connectivity index (χ1n) is 5.75. The smallest absolute Gasteiger partial charge is 0.231 e. The van der Waals surface area contributed by atoms with Crippen molar-refractivity contribution in [3.05, 3.63) is 12.1 Å². The van der Waals surface area contributed by atoms with Crippen molar-refractivity contribution in [3.63, 3.8) is 0 Å². The number of hydrogen-bond acceptors (Lipinski definition) is 4. The van der Waals surface area contributed by atoms with Crippen LogP contribution in [0.3, 0.4) is 0 Å². The van der Waals surface area contributed by atoms with Gasteiger partial charge < -0.3 is 19.8 Å². The van der Waals surface area contributed by atoms with Gasteiger partial charge in [0, 0.05) is 18.7 Å². The summed E-state index contributed by atoms with van der Waals surface area (Å²) in [7, 11) is 0. The summed E-state index contributed by atoms with van der Waals surface area (Å²) in [5.41, 5.74) is 1.85. The number of nitrogens with one attached hydrogen (secondary N) is 2. The van der Waals surface area contributed by atoms with Gasteiger partial charge in [0.1, 0.15) is 0 Å². The van der Waals surface area contributed by atoms with E-state index < -0.39 is 0 Å². The SMILES string of the molecule is CC(C)CNc1nc2cc3c(cc2[nH]1)OCO3. The number of aromatic amines is 1. The molecule has 0 saturated carbocycles. The summed E-state index contributed by atoms with van der Waals surface area (Å²) in [6, 6.07) is 3.82. The molecule has 0 fully saturated rings. The molecule has 0 atom stereocenters. The van der Waals surface area contributed by atoms with Gasteiger partial charge in [-0.25, -0.2) is 4.98 Å². The number of aromatic nitrogens is 2. The molecule has 0 spiro atoms. The second kappa shape index (κ2) is 3.84. The molecule has 2 heterocycles. The maximum absolute atomic E-state index is 5.32. The van der Waals surface area contributed by atoms with Gasteiger partial charge in [0.25, 0.3) is 0 Å². The molecule has 1 aromatic carbocycles. The quantitative estimate of drug-likeness (QED) is 0.854. The van der Waals surface area contributed by atoms with Crippen molar-refractivity contribution in [2.24, 2.45) is 5.92 Å². The second-order valence-electron chi connectivity index (χ2n) is 4.58. The van der Waals surface area contributed by atoms with Crippen molar-refractivity contribution >= 4 is 17.0 Å². The highest BCUT2D eigenvalue weighted by Gasteiger charge is 2.16. The highest BCUT2D eigenvalue weighted by molar-refractivity contribution is 5.81. The first-order chi connectivity index (χ1) is 8.22. The molecule has 3 rings (SSSR count). The predicted octanol–water partition coefficient (Wildman–Crippen LogP) is 2.36. The molecular formula is C12H15N3O2. The zero-order valence-electron chi connectivity index (χ0n) is 9.91. The predicted molar refractivity (Wildman–Crippen MR) is 65.5 cm³/mol. The van der Waals surface area contributed by atoms with Crippen LogP contribution in [0.2, 0.25) is 0 Å². The van der Waals surface area contributed by atoms with Crippen molar-refractivity contribution in [2.75, 3.05) is 18.7 Å². The van der Waals surface area contributed by atoms with Crippen LogP contribution in [-0.2, 0) is 0 Å². The van der Waals surface area contributed by atoms with Gasteiger partial charge in [0.15, 0.2) is 11.5 Å². The Labute approximate surface area is 99.1 Å². The Balaban J connectivity index is 1.91. The summed E-state index contributed by atoms with van der Waals surface area (Å²) in [5, 5.41) is 3.26. The van der Waals surface area contributed by atoms with Crippen LogP contribution in [0.4, 0.5) is 5.95 Å². The Bertz CT molecular complexity index is 507. The maximum Gasteiger partial charge on any atom is 0.231 e. The Kier molecular flexibility index (Phi) is 2.31. The third-order valence-electron chi connectivity index (χ3n) is 2.65. The summed E-state index contributed by atoms with van der Waals surface area (Å²) in [6.07, 6.45) is 0. The third-order valence-corrected chi connectivity index (χ3v) is 2.65. The average Bonchev–Trinajstić information content (AvgIpc) is 2.87. The summed E-state index contributed by atoms with van der Waals surface area (Å²) >= 11 is 0. The summed E-state index contributed by atoms with van der Waals surface area (Å²) in [4.78, 5) is 7.68. The number of rotatable bonds is 3. The minimum absolute atomic E-state index is 0.292. The van der Waals surface area contributed by atoms with E-state index in [0.717, 1.165) is 35.0 Å². The number of H-pyrrole nitrogens is 1. The number of fused-ring (bicyclic) bond motifs is 2. The molecule has 0 amide bonds. The molecule has 5 nitrogen and oxygen atoms in total. The van der Waals surface area contributed by atoms with Gasteiger partial charge >= 0.3 is 0 Å². The molecule has 0 radical (unpaired) electrons. The number of hydrogen-bond donors (Lipinski definition) is 2. The molecule has 1 aromatic heterocycles. The van der Waals surface area contributed by atoms with E-state index in [9.17, 15) is 0 Å². The first kappa shape index (κ1) is 10.3. The van der Waals surface area contributed by atoms with E-state index in [0.29, 0.717) is 12.7 Å². The standard InChI is InChI=1S/C12H15N3O2/c1-7(2)5-13-12-14-8-3-10-11(17-6-16-10)4-9(8)15-12/h3-4,7H,5-6H2,1-2H3,(H2,13,14,15). The zero-order valence-corrected chi connectivity index (χ0v) is 9.91. The van der Waals surface area contributed by atoms with E-state index in [4.69, 9.17) is 9.47 Å². The van der Waals surface area contributed by atoms with E-state index in [1.807, 2.05) is 12.1 Å². The molecule has 2 aromatic rings. The highest BCUT2D eigenvalue weighted by Crippen LogP contribution is 2.35. The molecule has 0 unspecified atom stereocenters. The van der Waals surface area contributed by atoms with Crippen LogP contribution in [0.15, 0.2) is 12.1 Å². The Morgan fingerprint density at radius 3 is 2.88 bits per heavy atom. The van der Waals surface area contributed by atoms with Gasteiger partial charge in [-0.1, -0.05) is 13.8 Å². The molecule has 90 valence electrons. The van der Waals surface area contributed by atoms with Crippen LogP contribution in [0.5, 0.6) is 11.5 Å². The van der Waals surface area contributed by atoms with Crippen molar-refractivity contribution < 1.29 is 9.47 Å². The highest BCUT2D eigenvalue weighted by atomic mass is 16.7. The summed E-state index contributed by atoms with van der Waals surface area (Å²) in [5.74, 6) is 2.91. The fourth-order valence-corrected chi connectivity index (χ4v) is 1.78. The molecule has 0 bridgehead atoms. The molecule has 1 aliphatic rings. The van der Waals surface area contributed by atoms with Crippen LogP contribution < -0.4 is 14.8 Å². The molecule has 17 heavy (non-hydrogen) atoms. The van der Waals surface area contributed by atoms with Crippen molar-refractivity contribution in [1.82, 2.24) is 9.97 Å². The molecule has 2 N–H and O–H groups in total. The van der Waals surface area contributed by atoms with Crippen LogP contribution in [-0.4, -0.2) is 23.3 Å². The molecule has 5 heteroatoms. The fourth-order valence-electron chi connectivity index (χ4n) is 1.78. The topological polar surface area (TPSA) is 59.2 Å². The minimum Gasteiger partial charge on any atom is -0.454 e. The van der Waals surface area contributed by atoms with Crippen molar-refractivity contribution in [2.45, 2.75) is 13.8 Å². The molecule has 1 aliphatic heterocycles. The largest absolute Gasteiger partial charge is 0.454 e. The van der Waals surface area contributed by atoms with Crippen LogP contribution in [0.1, 0.15) is 13.8 Å². The van der Waals surface area contributed by atoms with Crippen LogP contribution in [0, 0.1) is 5.92 Å². The number of ether oxygens (including phenoxy) is 2. The molecular weight excluding hydrogens is 218 g/mol. The van der Waals surface area contributed by atoms with Crippen molar-refractivity contribution in [3.8, 4) is 11.5 Å². The van der Waals surface area contributed by atoms with Crippen LogP contribution >= 0.6 is 0 Å². The van der Waals surface area contributed by atoms with Gasteiger partial charge in [-0.15, -0.1) is 0 Å². The van der Waals surface area contributed by atoms with E-state index in [1.165, 1.54) is 0 Å². The van der Waals surface area contributed by atoms with E-state index >= 15 is 0 Å². The van der Waals surface area contributed by atoms with E-state index in [2.05, 4.69) is 29.1 Å². The third kappa shape index (κ3) is 1.88. The lowest BCUT2D eigenvalue weighted by atomic mass is 10.2. The molecule has 0 aliphatic carbocycles. The number of benzene rings is 1. The lowest BCUT2D eigenvalue weighted by molar-refractivity contribution is 0.174. The van der Waals surface area contributed by atoms with Gasteiger partial charge in [0.05, 0.1) is 11.0 Å². The monoisotopic (exact) mass is 233 g/mol. The average molecular weight is 233 g/mol. The van der Waals surface area contributed by atoms with Gasteiger partial charge in [-0.05, 0) is 5.92 Å². The van der Waals surface area contributed by atoms with Crippen molar-refractivity contribution in [1.29, 1.82) is 0 Å². The maximum atomic E-state index is 5.32. The van der Waals surface area contributed by atoms with Gasteiger partial charge in [-0.3, -0.25) is 0 Å². The normalized spacial score (nSPS) is 13.6. The Morgan fingerprint density at radius 2 is 2.12 bits per heavy atom. The lowest BCUT2D eigenvalue weighted by Gasteiger charge is -2.04. The Hall–Kier alpha value is -1.91. The number of nitrogens with zero attached hydrogens (tertiary/aromatic N) is 1. The van der Waals surface area contributed by atoms with Crippen LogP contribution in [0.25, 0.3) is 11.0 Å². The summed E-state index contributed by atoms with van der Waals surface area (Å²) in [6.45, 7) is 5.50.